The lowest BCUT2D eigenvalue weighted by atomic mass is 10.1. The molecule has 0 radical (unpaired) electrons. The second kappa shape index (κ2) is 6.71. The van der Waals surface area contributed by atoms with E-state index in [0.29, 0.717) is 17.4 Å². The summed E-state index contributed by atoms with van der Waals surface area (Å²) in [6.07, 6.45) is 1.54. The van der Waals surface area contributed by atoms with Crippen LogP contribution in [0.3, 0.4) is 0 Å². The highest BCUT2D eigenvalue weighted by atomic mass is 32.2. The minimum absolute atomic E-state index is 0.257. The predicted octanol–water partition coefficient (Wildman–Crippen LogP) is 3.88. The van der Waals surface area contributed by atoms with Crippen LogP contribution in [0.4, 0.5) is 0 Å². The summed E-state index contributed by atoms with van der Waals surface area (Å²) in [4.78, 5) is 16.4. The highest BCUT2D eigenvalue weighted by Crippen LogP contribution is 2.15. The van der Waals surface area contributed by atoms with Gasteiger partial charge in [0.1, 0.15) is 5.78 Å². The van der Waals surface area contributed by atoms with Gasteiger partial charge < -0.3 is 0 Å². The van der Waals surface area contributed by atoms with Crippen LogP contribution >= 0.6 is 11.8 Å². The van der Waals surface area contributed by atoms with Crippen molar-refractivity contribution in [2.24, 2.45) is 0 Å². The first-order valence-corrected chi connectivity index (χ1v) is 7.72. The van der Waals surface area contributed by atoms with Gasteiger partial charge in [0, 0.05) is 22.8 Å². The molecular formula is C16H19NOS. The van der Waals surface area contributed by atoms with Crippen LogP contribution in [0, 0.1) is 0 Å². The van der Waals surface area contributed by atoms with Gasteiger partial charge >= 0.3 is 0 Å². The van der Waals surface area contributed by atoms with E-state index in [1.54, 1.807) is 11.8 Å². The highest BCUT2D eigenvalue weighted by molar-refractivity contribution is 8.00. The third-order valence-electron chi connectivity index (χ3n) is 3.14. The molecular weight excluding hydrogens is 254 g/mol. The second-order valence-electron chi connectivity index (χ2n) is 4.74. The Morgan fingerprint density at radius 1 is 1.26 bits per heavy atom. The molecule has 0 fully saturated rings. The smallest absolute Gasteiger partial charge is 0.148 e. The summed E-state index contributed by atoms with van der Waals surface area (Å²) in [5.74, 6) is 0.844. The average Bonchev–Trinajstić information content (AvgIpc) is 2.44. The number of pyridine rings is 1. The Hall–Kier alpha value is -1.35. The molecule has 1 aromatic carbocycles. The Morgan fingerprint density at radius 3 is 2.84 bits per heavy atom. The Kier molecular flexibility index (Phi) is 4.97. The molecule has 0 aliphatic rings. The number of thioether (sulfide) groups is 1. The summed E-state index contributed by atoms with van der Waals surface area (Å²) < 4.78 is 0. The standard InChI is InChI=1S/C16H19NOS/c1-3-12(2)19-11-15(18)10-14-9-8-13-6-4-5-7-16(13)17-14/h4-9,12H,3,10-11H2,1-2H3. The first kappa shape index (κ1) is 14.1. The molecule has 1 atom stereocenters. The van der Waals surface area contributed by atoms with Crippen molar-refractivity contribution >= 4 is 28.4 Å². The fourth-order valence-electron chi connectivity index (χ4n) is 1.81. The maximum atomic E-state index is 11.9. The van der Waals surface area contributed by atoms with Crippen molar-refractivity contribution in [2.75, 3.05) is 5.75 Å². The lowest BCUT2D eigenvalue weighted by Gasteiger charge is -2.07. The molecule has 1 aromatic heterocycles. The summed E-state index contributed by atoms with van der Waals surface area (Å²) in [6.45, 7) is 4.30. The van der Waals surface area contributed by atoms with Gasteiger partial charge in [-0.25, -0.2) is 0 Å². The van der Waals surface area contributed by atoms with E-state index in [2.05, 4.69) is 18.8 Å². The van der Waals surface area contributed by atoms with Crippen molar-refractivity contribution < 1.29 is 4.79 Å². The van der Waals surface area contributed by atoms with E-state index in [4.69, 9.17) is 0 Å². The lowest BCUT2D eigenvalue weighted by molar-refractivity contribution is -0.116. The van der Waals surface area contributed by atoms with Gasteiger partial charge in [0.25, 0.3) is 0 Å². The van der Waals surface area contributed by atoms with Gasteiger partial charge in [0.15, 0.2) is 0 Å². The number of rotatable bonds is 6. The van der Waals surface area contributed by atoms with Gasteiger partial charge in [-0.15, -0.1) is 0 Å². The molecule has 100 valence electrons. The van der Waals surface area contributed by atoms with E-state index in [-0.39, 0.29) is 5.78 Å². The Balaban J connectivity index is 1.99. The Labute approximate surface area is 118 Å². The molecule has 0 bridgehead atoms. The normalized spacial score (nSPS) is 12.5. The van der Waals surface area contributed by atoms with Gasteiger partial charge in [-0.2, -0.15) is 11.8 Å². The molecule has 0 amide bonds. The molecule has 1 unspecified atom stereocenters. The van der Waals surface area contributed by atoms with Crippen LogP contribution < -0.4 is 0 Å². The number of nitrogens with zero attached hydrogens (tertiary/aromatic N) is 1. The van der Waals surface area contributed by atoms with Gasteiger partial charge in [-0.3, -0.25) is 9.78 Å². The van der Waals surface area contributed by atoms with Crippen LogP contribution in [0.2, 0.25) is 0 Å². The quantitative estimate of drug-likeness (QED) is 0.800. The number of ketones is 1. The molecule has 0 N–H and O–H groups in total. The predicted molar refractivity (Wildman–Crippen MR) is 82.7 cm³/mol. The van der Waals surface area contributed by atoms with E-state index in [9.17, 15) is 4.79 Å². The summed E-state index contributed by atoms with van der Waals surface area (Å²) in [5, 5.41) is 1.67. The number of carbonyl (C=O) groups excluding carboxylic acids is 1. The van der Waals surface area contributed by atoms with E-state index in [1.807, 2.05) is 36.4 Å². The molecule has 2 nitrogen and oxygen atoms in total. The van der Waals surface area contributed by atoms with Crippen molar-refractivity contribution in [3.05, 3.63) is 42.1 Å². The molecule has 0 aliphatic heterocycles. The number of para-hydroxylation sites is 1. The third-order valence-corrected chi connectivity index (χ3v) is 4.53. The first-order chi connectivity index (χ1) is 9.19. The maximum Gasteiger partial charge on any atom is 0.148 e. The molecule has 2 aromatic rings. The van der Waals surface area contributed by atoms with E-state index in [0.717, 1.165) is 23.0 Å². The number of Topliss-reactive ketones (excluding diaryl/α,β-unsaturated/α-hetero) is 1. The van der Waals surface area contributed by atoms with Crippen LogP contribution in [0.1, 0.15) is 26.0 Å². The average molecular weight is 273 g/mol. The molecule has 0 spiro atoms. The van der Waals surface area contributed by atoms with Gasteiger partial charge in [-0.05, 0) is 18.6 Å². The molecule has 2 rings (SSSR count). The van der Waals surface area contributed by atoms with Crippen LogP contribution in [0.5, 0.6) is 0 Å². The number of aromatic nitrogens is 1. The Morgan fingerprint density at radius 2 is 2.05 bits per heavy atom. The number of fused-ring (bicyclic) bond motifs is 1. The number of benzene rings is 1. The van der Waals surface area contributed by atoms with Crippen LogP contribution in [0.25, 0.3) is 10.9 Å². The number of carbonyl (C=O) groups is 1. The zero-order chi connectivity index (χ0) is 13.7. The monoisotopic (exact) mass is 273 g/mol. The molecule has 0 saturated heterocycles. The van der Waals surface area contributed by atoms with Crippen molar-refractivity contribution in [3.8, 4) is 0 Å². The second-order valence-corrected chi connectivity index (χ2v) is 6.17. The first-order valence-electron chi connectivity index (χ1n) is 6.67. The van der Waals surface area contributed by atoms with Crippen molar-refractivity contribution in [1.82, 2.24) is 4.98 Å². The summed E-state index contributed by atoms with van der Waals surface area (Å²) >= 11 is 1.73. The minimum Gasteiger partial charge on any atom is -0.298 e. The molecule has 19 heavy (non-hydrogen) atoms. The number of hydrogen-bond donors (Lipinski definition) is 0. The van der Waals surface area contributed by atoms with E-state index >= 15 is 0 Å². The molecule has 0 saturated carbocycles. The van der Waals surface area contributed by atoms with Crippen molar-refractivity contribution in [3.63, 3.8) is 0 Å². The SMILES string of the molecule is CCC(C)SCC(=O)Cc1ccc2ccccc2n1. The molecule has 0 aliphatic carbocycles. The van der Waals surface area contributed by atoms with Crippen LogP contribution in [0.15, 0.2) is 36.4 Å². The van der Waals surface area contributed by atoms with Crippen LogP contribution in [-0.2, 0) is 11.2 Å². The van der Waals surface area contributed by atoms with Crippen LogP contribution in [-0.4, -0.2) is 21.8 Å². The Bertz CT molecular complexity index is 567. The third kappa shape index (κ3) is 4.06. The summed E-state index contributed by atoms with van der Waals surface area (Å²) in [5.41, 5.74) is 1.83. The molecule has 3 heteroatoms. The minimum atomic E-state index is 0.257. The largest absolute Gasteiger partial charge is 0.298 e. The lowest BCUT2D eigenvalue weighted by Crippen LogP contribution is -2.09. The fourth-order valence-corrected chi connectivity index (χ4v) is 2.62. The van der Waals surface area contributed by atoms with Crippen molar-refractivity contribution in [2.45, 2.75) is 31.9 Å². The van der Waals surface area contributed by atoms with Gasteiger partial charge in [-0.1, -0.05) is 38.1 Å². The zero-order valence-corrected chi connectivity index (χ0v) is 12.2. The maximum absolute atomic E-state index is 11.9. The van der Waals surface area contributed by atoms with Gasteiger partial charge in [0.2, 0.25) is 0 Å². The van der Waals surface area contributed by atoms with Gasteiger partial charge in [0.05, 0.1) is 11.3 Å². The topological polar surface area (TPSA) is 30.0 Å². The fraction of sp³-hybridized carbons (Fsp3) is 0.375. The van der Waals surface area contributed by atoms with E-state index in [1.165, 1.54) is 0 Å². The highest BCUT2D eigenvalue weighted by Gasteiger charge is 2.08. The zero-order valence-electron chi connectivity index (χ0n) is 11.4. The summed E-state index contributed by atoms with van der Waals surface area (Å²) in [6, 6.07) is 12.0. The summed E-state index contributed by atoms with van der Waals surface area (Å²) in [7, 11) is 0. The van der Waals surface area contributed by atoms with Crippen molar-refractivity contribution in [1.29, 1.82) is 0 Å². The molecule has 1 heterocycles. The number of hydrogen-bond acceptors (Lipinski definition) is 3. The van der Waals surface area contributed by atoms with E-state index < -0.39 is 0 Å².